The Hall–Kier alpha value is -3.15. The number of aryl methyl sites for hydroxylation is 2. The summed E-state index contributed by atoms with van der Waals surface area (Å²) < 4.78 is 0. The quantitative estimate of drug-likeness (QED) is 0.750. The number of nitrogens with zero attached hydrogens (tertiary/aromatic N) is 2. The molecule has 0 fully saturated rings. The normalized spacial score (nSPS) is 10.8. The van der Waals surface area contributed by atoms with Gasteiger partial charge in [-0.25, -0.2) is 4.98 Å². The lowest BCUT2D eigenvalue weighted by Gasteiger charge is -2.23. The summed E-state index contributed by atoms with van der Waals surface area (Å²) in [7, 11) is 0. The third-order valence-corrected chi connectivity index (χ3v) is 4.00. The Labute approximate surface area is 145 Å². The molecule has 0 bridgehead atoms. The van der Waals surface area contributed by atoms with E-state index in [2.05, 4.69) is 9.97 Å². The highest BCUT2D eigenvalue weighted by molar-refractivity contribution is 6.13. The molecule has 0 aliphatic rings. The Balaban J connectivity index is 2.04. The molecule has 0 unspecified atom stereocenters. The van der Waals surface area contributed by atoms with Crippen molar-refractivity contribution in [2.24, 2.45) is 5.73 Å². The molecule has 6 nitrogen and oxygen atoms in total. The van der Waals surface area contributed by atoms with Gasteiger partial charge in [0.05, 0.1) is 11.1 Å². The third-order valence-electron chi connectivity index (χ3n) is 4.00. The van der Waals surface area contributed by atoms with Crippen molar-refractivity contribution in [3.63, 3.8) is 0 Å². The number of nitrogens with one attached hydrogen (secondary N) is 1. The number of benzene rings is 2. The predicted molar refractivity (Wildman–Crippen MR) is 97.5 cm³/mol. The van der Waals surface area contributed by atoms with Gasteiger partial charge in [-0.3, -0.25) is 9.59 Å². The van der Waals surface area contributed by atoms with E-state index in [1.165, 1.54) is 0 Å². The number of anilines is 1. The smallest absolute Gasteiger partial charge is 0.260 e. The van der Waals surface area contributed by atoms with Crippen molar-refractivity contribution >= 4 is 28.5 Å². The van der Waals surface area contributed by atoms with Gasteiger partial charge in [-0.2, -0.15) is 0 Å². The fraction of sp³-hybridized carbons (Fsp3) is 0.211. The van der Waals surface area contributed by atoms with Gasteiger partial charge in [-0.1, -0.05) is 18.2 Å². The number of nitrogens with two attached hydrogens (primary N) is 1. The van der Waals surface area contributed by atoms with E-state index in [1.54, 1.807) is 11.0 Å². The van der Waals surface area contributed by atoms with Crippen LogP contribution in [0.5, 0.6) is 0 Å². The van der Waals surface area contributed by atoms with Crippen LogP contribution in [0.3, 0.4) is 0 Å². The van der Waals surface area contributed by atoms with E-state index >= 15 is 0 Å². The van der Waals surface area contributed by atoms with Crippen molar-refractivity contribution in [3.8, 4) is 0 Å². The molecule has 0 radical (unpaired) electrons. The molecule has 0 saturated heterocycles. The number of para-hydroxylation sites is 1. The number of aromatic nitrogens is 2. The maximum Gasteiger partial charge on any atom is 0.260 e. The Bertz CT molecular complexity index is 946. The molecule has 0 aliphatic heterocycles. The van der Waals surface area contributed by atoms with Gasteiger partial charge in [0.1, 0.15) is 11.3 Å². The molecular formula is C19H20N4O2. The summed E-state index contributed by atoms with van der Waals surface area (Å²) in [5.74, 6) is 0.0951. The zero-order valence-electron chi connectivity index (χ0n) is 14.2. The Kier molecular flexibility index (Phi) is 4.52. The van der Waals surface area contributed by atoms with E-state index < -0.39 is 5.91 Å². The average molecular weight is 336 g/mol. The van der Waals surface area contributed by atoms with Gasteiger partial charge in [0.2, 0.25) is 5.91 Å². The maximum absolute atomic E-state index is 13.2. The van der Waals surface area contributed by atoms with Gasteiger partial charge in [-0.05, 0) is 43.7 Å². The fourth-order valence-corrected chi connectivity index (χ4v) is 2.84. The Morgan fingerprint density at radius 3 is 2.64 bits per heavy atom. The summed E-state index contributed by atoms with van der Waals surface area (Å²) in [6, 6.07) is 13.0. The van der Waals surface area contributed by atoms with Crippen LogP contribution in [-0.4, -0.2) is 28.3 Å². The second-order valence-electron chi connectivity index (χ2n) is 6.04. The highest BCUT2D eigenvalue weighted by Crippen LogP contribution is 2.23. The number of primary amides is 1. The Morgan fingerprint density at radius 1 is 1.16 bits per heavy atom. The number of amides is 2. The summed E-state index contributed by atoms with van der Waals surface area (Å²) in [6.07, 6.45) is 0.0925. The third kappa shape index (κ3) is 3.52. The minimum absolute atomic E-state index is 0.0925. The predicted octanol–water partition coefficient (Wildman–Crippen LogP) is 2.70. The van der Waals surface area contributed by atoms with Gasteiger partial charge in [0.25, 0.3) is 5.91 Å². The van der Waals surface area contributed by atoms with Crippen LogP contribution in [-0.2, 0) is 4.79 Å². The van der Waals surface area contributed by atoms with Crippen LogP contribution in [0.1, 0.15) is 28.2 Å². The number of hydrogen-bond donors (Lipinski definition) is 2. The standard InChI is InChI=1S/C19H20N4O2/c1-12-5-3-6-14(11-12)23(10-9-17(20)24)19(25)15-7-4-8-16-18(15)22-13(2)21-16/h3-8,11H,9-10H2,1-2H3,(H2,20,24)(H,21,22). The molecule has 1 heterocycles. The first kappa shape index (κ1) is 16.7. The first-order valence-corrected chi connectivity index (χ1v) is 8.08. The number of H-pyrrole nitrogens is 1. The number of aromatic amines is 1. The van der Waals surface area contributed by atoms with Gasteiger partial charge in [0, 0.05) is 18.7 Å². The van der Waals surface area contributed by atoms with Gasteiger partial charge >= 0.3 is 0 Å². The first-order valence-electron chi connectivity index (χ1n) is 8.08. The van der Waals surface area contributed by atoms with E-state index in [1.807, 2.05) is 50.2 Å². The summed E-state index contributed by atoms with van der Waals surface area (Å²) >= 11 is 0. The zero-order chi connectivity index (χ0) is 18.0. The SMILES string of the molecule is Cc1cccc(N(CCC(N)=O)C(=O)c2cccc3[nH]c(C)nc23)c1. The van der Waals surface area contributed by atoms with Crippen molar-refractivity contribution in [2.75, 3.05) is 11.4 Å². The topological polar surface area (TPSA) is 92.1 Å². The Morgan fingerprint density at radius 2 is 1.92 bits per heavy atom. The van der Waals surface area contributed by atoms with Crippen LogP contribution in [0.4, 0.5) is 5.69 Å². The maximum atomic E-state index is 13.2. The fourth-order valence-electron chi connectivity index (χ4n) is 2.84. The van der Waals surface area contributed by atoms with Crippen molar-refractivity contribution < 1.29 is 9.59 Å². The second kappa shape index (κ2) is 6.76. The van der Waals surface area contributed by atoms with E-state index in [4.69, 9.17) is 5.73 Å². The molecule has 3 rings (SSSR count). The number of rotatable bonds is 5. The number of carbonyl (C=O) groups excluding carboxylic acids is 2. The molecular weight excluding hydrogens is 316 g/mol. The largest absolute Gasteiger partial charge is 0.370 e. The lowest BCUT2D eigenvalue weighted by atomic mass is 10.1. The lowest BCUT2D eigenvalue weighted by Crippen LogP contribution is -2.34. The van der Waals surface area contributed by atoms with Crippen LogP contribution in [0.15, 0.2) is 42.5 Å². The van der Waals surface area contributed by atoms with Crippen LogP contribution in [0.2, 0.25) is 0 Å². The van der Waals surface area contributed by atoms with Crippen molar-refractivity contribution in [3.05, 3.63) is 59.4 Å². The number of carbonyl (C=O) groups is 2. The molecule has 0 saturated carbocycles. The van der Waals surface area contributed by atoms with Crippen LogP contribution < -0.4 is 10.6 Å². The second-order valence-corrected chi connectivity index (χ2v) is 6.04. The van der Waals surface area contributed by atoms with Crippen LogP contribution in [0, 0.1) is 13.8 Å². The molecule has 2 aromatic carbocycles. The molecule has 2 amide bonds. The highest BCUT2D eigenvalue weighted by Gasteiger charge is 2.21. The zero-order valence-corrected chi connectivity index (χ0v) is 14.2. The summed E-state index contributed by atoms with van der Waals surface area (Å²) in [4.78, 5) is 33.6. The summed E-state index contributed by atoms with van der Waals surface area (Å²) in [5.41, 5.74) is 8.98. The minimum Gasteiger partial charge on any atom is -0.370 e. The molecule has 0 atom stereocenters. The monoisotopic (exact) mass is 336 g/mol. The van der Waals surface area contributed by atoms with Crippen molar-refractivity contribution in [1.82, 2.24) is 9.97 Å². The van der Waals surface area contributed by atoms with Gasteiger partial charge in [-0.15, -0.1) is 0 Å². The number of hydrogen-bond acceptors (Lipinski definition) is 3. The first-order chi connectivity index (χ1) is 12.0. The molecule has 0 spiro atoms. The lowest BCUT2D eigenvalue weighted by molar-refractivity contribution is -0.117. The summed E-state index contributed by atoms with van der Waals surface area (Å²) in [5, 5.41) is 0. The van der Waals surface area contributed by atoms with Gasteiger partial charge < -0.3 is 15.6 Å². The molecule has 3 aromatic rings. The van der Waals surface area contributed by atoms with E-state index in [0.717, 1.165) is 22.6 Å². The van der Waals surface area contributed by atoms with Gasteiger partial charge in [0.15, 0.2) is 0 Å². The molecule has 1 aromatic heterocycles. The number of fused-ring (bicyclic) bond motifs is 1. The van der Waals surface area contributed by atoms with Crippen molar-refractivity contribution in [2.45, 2.75) is 20.3 Å². The molecule has 6 heteroatoms. The van der Waals surface area contributed by atoms with E-state index in [9.17, 15) is 9.59 Å². The molecule has 0 aliphatic carbocycles. The average Bonchev–Trinajstić information content (AvgIpc) is 2.94. The van der Waals surface area contributed by atoms with Crippen LogP contribution in [0.25, 0.3) is 11.0 Å². The van der Waals surface area contributed by atoms with Crippen molar-refractivity contribution in [1.29, 1.82) is 0 Å². The van der Waals surface area contributed by atoms with E-state index in [-0.39, 0.29) is 18.9 Å². The molecule has 25 heavy (non-hydrogen) atoms. The molecule has 3 N–H and O–H groups in total. The summed E-state index contributed by atoms with van der Waals surface area (Å²) in [6.45, 7) is 4.02. The molecule has 128 valence electrons. The minimum atomic E-state index is -0.445. The highest BCUT2D eigenvalue weighted by atomic mass is 16.2. The van der Waals surface area contributed by atoms with Crippen LogP contribution >= 0.6 is 0 Å². The number of imidazole rings is 1. The van der Waals surface area contributed by atoms with E-state index in [0.29, 0.717) is 11.1 Å².